The monoisotopic (exact) mass is 181 g/mol. The lowest BCUT2D eigenvalue weighted by Gasteiger charge is -2.27. The van der Waals surface area contributed by atoms with Crippen LogP contribution in [0.1, 0.15) is 40.5 Å². The van der Waals surface area contributed by atoms with E-state index in [-0.39, 0.29) is 0 Å². The van der Waals surface area contributed by atoms with Crippen molar-refractivity contribution >= 4 is 0 Å². The number of rotatable bonds is 2. The average Bonchev–Trinajstić information content (AvgIpc) is 2.28. The molecule has 0 fully saturated rings. The maximum absolute atomic E-state index is 3.73. The van der Waals surface area contributed by atoms with Crippen LogP contribution in [0.15, 0.2) is 12.2 Å². The number of hydrogen-bond acceptors (Lipinski definition) is 1. The van der Waals surface area contributed by atoms with Gasteiger partial charge in [-0.2, -0.15) is 0 Å². The number of nitrogens with one attached hydrogen (secondary N) is 1. The van der Waals surface area contributed by atoms with Crippen LogP contribution in [-0.4, -0.2) is 12.1 Å². The molecule has 0 aromatic heterocycles. The van der Waals surface area contributed by atoms with Gasteiger partial charge in [-0.25, -0.2) is 0 Å². The summed E-state index contributed by atoms with van der Waals surface area (Å²) in [6.45, 7) is 9.18. The second-order valence-corrected chi connectivity index (χ2v) is 4.79. The molecule has 1 aliphatic rings. The summed E-state index contributed by atoms with van der Waals surface area (Å²) >= 11 is 0. The molecule has 2 atom stereocenters. The Morgan fingerprint density at radius 3 is 2.38 bits per heavy atom. The molecule has 76 valence electrons. The lowest BCUT2D eigenvalue weighted by molar-refractivity contribution is 0.332. The van der Waals surface area contributed by atoms with Crippen LogP contribution in [0.5, 0.6) is 0 Å². The molecule has 0 aromatic carbocycles. The van der Waals surface area contributed by atoms with Crippen molar-refractivity contribution in [3.8, 4) is 0 Å². The van der Waals surface area contributed by atoms with Gasteiger partial charge in [0, 0.05) is 12.1 Å². The highest BCUT2D eigenvalue weighted by atomic mass is 15.0. The molecule has 1 heterocycles. The van der Waals surface area contributed by atoms with Crippen molar-refractivity contribution < 1.29 is 0 Å². The van der Waals surface area contributed by atoms with Crippen LogP contribution in [-0.2, 0) is 0 Å². The number of hydrogen-bond donors (Lipinski definition) is 1. The molecule has 1 N–H and O–H groups in total. The molecule has 0 aliphatic carbocycles. The molecule has 1 rings (SSSR count). The van der Waals surface area contributed by atoms with Gasteiger partial charge in [-0.3, -0.25) is 0 Å². The quantitative estimate of drug-likeness (QED) is 0.646. The average molecular weight is 181 g/mol. The van der Waals surface area contributed by atoms with E-state index in [1.54, 1.807) is 0 Å². The fourth-order valence-corrected chi connectivity index (χ4v) is 1.85. The fraction of sp³-hybridized carbons (Fsp3) is 0.833. The minimum atomic E-state index is 0.579. The molecule has 0 amide bonds. The Kier molecular flexibility index (Phi) is 3.98. The highest BCUT2D eigenvalue weighted by molar-refractivity contribution is 5.00. The summed E-state index contributed by atoms with van der Waals surface area (Å²) in [6, 6.07) is 1.28. The van der Waals surface area contributed by atoms with Gasteiger partial charge in [-0.1, -0.05) is 39.8 Å². The summed E-state index contributed by atoms with van der Waals surface area (Å²) in [5.74, 6) is 1.46. The molecule has 0 saturated carbocycles. The first-order valence-corrected chi connectivity index (χ1v) is 5.54. The molecule has 1 heteroatoms. The molecule has 1 aliphatic heterocycles. The summed E-state index contributed by atoms with van der Waals surface area (Å²) in [4.78, 5) is 0. The second kappa shape index (κ2) is 4.80. The van der Waals surface area contributed by atoms with E-state index >= 15 is 0 Å². The molecule has 0 aromatic rings. The standard InChI is InChI=1S/C12H23N/c1-9(2)11-7-5-6-8-12(13-11)10(3)4/h5,7,9-13H,6,8H2,1-4H3. The van der Waals surface area contributed by atoms with E-state index in [0.717, 1.165) is 5.92 Å². The zero-order valence-corrected chi connectivity index (χ0v) is 9.38. The molecule has 0 bridgehead atoms. The predicted molar refractivity (Wildman–Crippen MR) is 58.8 cm³/mol. The molecular weight excluding hydrogens is 158 g/mol. The van der Waals surface area contributed by atoms with E-state index in [1.807, 2.05) is 0 Å². The van der Waals surface area contributed by atoms with Crippen molar-refractivity contribution in [3.63, 3.8) is 0 Å². The zero-order chi connectivity index (χ0) is 9.84. The first kappa shape index (κ1) is 10.8. The van der Waals surface area contributed by atoms with Crippen molar-refractivity contribution in [3.05, 3.63) is 12.2 Å². The Balaban J connectivity index is 2.56. The zero-order valence-electron chi connectivity index (χ0n) is 9.38. The van der Waals surface area contributed by atoms with E-state index in [2.05, 4.69) is 45.2 Å². The molecule has 2 unspecified atom stereocenters. The summed E-state index contributed by atoms with van der Waals surface area (Å²) in [7, 11) is 0. The van der Waals surface area contributed by atoms with Gasteiger partial charge < -0.3 is 5.32 Å². The van der Waals surface area contributed by atoms with Gasteiger partial charge in [0.1, 0.15) is 0 Å². The minimum Gasteiger partial charge on any atom is -0.307 e. The third kappa shape index (κ3) is 3.15. The summed E-state index contributed by atoms with van der Waals surface area (Å²) in [5, 5.41) is 3.73. The van der Waals surface area contributed by atoms with Gasteiger partial charge in [0.25, 0.3) is 0 Å². The van der Waals surface area contributed by atoms with Crippen LogP contribution in [0, 0.1) is 11.8 Å². The Labute approximate surface area is 82.6 Å². The largest absolute Gasteiger partial charge is 0.307 e. The Morgan fingerprint density at radius 2 is 1.85 bits per heavy atom. The smallest absolute Gasteiger partial charge is 0.0275 e. The fourth-order valence-electron chi connectivity index (χ4n) is 1.85. The van der Waals surface area contributed by atoms with E-state index in [1.165, 1.54) is 12.8 Å². The van der Waals surface area contributed by atoms with E-state index in [4.69, 9.17) is 0 Å². The molecular formula is C12H23N. The van der Waals surface area contributed by atoms with Crippen molar-refractivity contribution in [2.75, 3.05) is 0 Å². The maximum Gasteiger partial charge on any atom is 0.0275 e. The highest BCUT2D eigenvalue weighted by Gasteiger charge is 2.20. The van der Waals surface area contributed by atoms with Gasteiger partial charge in [0.2, 0.25) is 0 Å². The first-order valence-electron chi connectivity index (χ1n) is 5.54. The van der Waals surface area contributed by atoms with Crippen molar-refractivity contribution in [2.45, 2.75) is 52.6 Å². The van der Waals surface area contributed by atoms with Crippen LogP contribution in [0.4, 0.5) is 0 Å². The SMILES string of the molecule is CC(C)C1C=CCCC(C(C)C)N1. The van der Waals surface area contributed by atoms with Gasteiger partial charge >= 0.3 is 0 Å². The molecule has 0 spiro atoms. The predicted octanol–water partition coefficient (Wildman–Crippen LogP) is 2.98. The molecule has 13 heavy (non-hydrogen) atoms. The van der Waals surface area contributed by atoms with Crippen LogP contribution >= 0.6 is 0 Å². The lowest BCUT2D eigenvalue weighted by Crippen LogP contribution is -2.42. The second-order valence-electron chi connectivity index (χ2n) is 4.79. The third-order valence-corrected chi connectivity index (χ3v) is 2.92. The summed E-state index contributed by atoms with van der Waals surface area (Å²) < 4.78 is 0. The van der Waals surface area contributed by atoms with E-state index in [0.29, 0.717) is 18.0 Å². The summed E-state index contributed by atoms with van der Waals surface area (Å²) in [5.41, 5.74) is 0. The Hall–Kier alpha value is -0.300. The Morgan fingerprint density at radius 1 is 1.15 bits per heavy atom. The Bertz CT molecular complexity index is 170. The minimum absolute atomic E-state index is 0.579. The van der Waals surface area contributed by atoms with E-state index in [9.17, 15) is 0 Å². The van der Waals surface area contributed by atoms with Crippen LogP contribution < -0.4 is 5.32 Å². The van der Waals surface area contributed by atoms with Gasteiger partial charge in [-0.15, -0.1) is 0 Å². The molecule has 0 saturated heterocycles. The highest BCUT2D eigenvalue weighted by Crippen LogP contribution is 2.16. The van der Waals surface area contributed by atoms with Crippen molar-refractivity contribution in [1.82, 2.24) is 5.32 Å². The van der Waals surface area contributed by atoms with Crippen LogP contribution in [0.2, 0.25) is 0 Å². The first-order chi connectivity index (χ1) is 6.11. The maximum atomic E-state index is 3.73. The molecule has 1 nitrogen and oxygen atoms in total. The van der Waals surface area contributed by atoms with Crippen LogP contribution in [0.3, 0.4) is 0 Å². The van der Waals surface area contributed by atoms with Crippen molar-refractivity contribution in [1.29, 1.82) is 0 Å². The topological polar surface area (TPSA) is 12.0 Å². The van der Waals surface area contributed by atoms with Gasteiger partial charge in [-0.05, 0) is 24.7 Å². The lowest BCUT2D eigenvalue weighted by atomic mass is 9.98. The summed E-state index contributed by atoms with van der Waals surface area (Å²) in [6.07, 6.45) is 7.20. The van der Waals surface area contributed by atoms with Gasteiger partial charge in [0.05, 0.1) is 0 Å². The van der Waals surface area contributed by atoms with E-state index < -0.39 is 0 Å². The number of allylic oxidation sites excluding steroid dienone is 1. The normalized spacial score (nSPS) is 29.7. The third-order valence-electron chi connectivity index (χ3n) is 2.92. The van der Waals surface area contributed by atoms with Crippen LogP contribution in [0.25, 0.3) is 0 Å². The van der Waals surface area contributed by atoms with Gasteiger partial charge in [0.15, 0.2) is 0 Å². The molecule has 0 radical (unpaired) electrons. The van der Waals surface area contributed by atoms with Crippen molar-refractivity contribution in [2.24, 2.45) is 11.8 Å².